The lowest BCUT2D eigenvalue weighted by atomic mass is 9.93. The summed E-state index contributed by atoms with van der Waals surface area (Å²) in [6.45, 7) is 3.97. The molecule has 2 aromatic rings. The third kappa shape index (κ3) is 2.38. The van der Waals surface area contributed by atoms with Crippen LogP contribution in [0.1, 0.15) is 22.4 Å². The summed E-state index contributed by atoms with van der Waals surface area (Å²) in [7, 11) is 1.71. The number of hydrogen-bond acceptors (Lipinski definition) is 4. The van der Waals surface area contributed by atoms with Crippen LogP contribution in [-0.4, -0.2) is 18.6 Å². The highest BCUT2D eigenvalue weighted by Crippen LogP contribution is 2.38. The van der Waals surface area contributed by atoms with Gasteiger partial charge in [0.1, 0.15) is 10.8 Å². The number of thiazole rings is 1. The maximum Gasteiger partial charge on any atom is 0.119 e. The smallest absolute Gasteiger partial charge is 0.119 e. The van der Waals surface area contributed by atoms with E-state index in [1.807, 2.05) is 17.4 Å². The first-order valence-electron chi connectivity index (χ1n) is 6.68. The van der Waals surface area contributed by atoms with Crippen molar-refractivity contribution in [2.45, 2.75) is 26.3 Å². The Morgan fingerprint density at radius 1 is 1.37 bits per heavy atom. The van der Waals surface area contributed by atoms with Crippen LogP contribution in [0.5, 0.6) is 5.75 Å². The van der Waals surface area contributed by atoms with E-state index in [-0.39, 0.29) is 0 Å². The van der Waals surface area contributed by atoms with Crippen LogP contribution in [0.25, 0.3) is 11.3 Å². The van der Waals surface area contributed by atoms with E-state index in [1.165, 1.54) is 21.0 Å². The van der Waals surface area contributed by atoms with Crippen LogP contribution in [0, 0.1) is 0 Å². The molecule has 19 heavy (non-hydrogen) atoms. The number of fused-ring (bicyclic) bond motifs is 3. The third-order valence-electron chi connectivity index (χ3n) is 3.46. The summed E-state index contributed by atoms with van der Waals surface area (Å²) in [5.74, 6) is 0.910. The summed E-state index contributed by atoms with van der Waals surface area (Å²) in [5, 5.41) is 4.53. The first kappa shape index (κ1) is 12.6. The Bertz CT molecular complexity index is 592. The van der Waals surface area contributed by atoms with Gasteiger partial charge in [-0.3, -0.25) is 0 Å². The molecule has 1 heterocycles. The van der Waals surface area contributed by atoms with Gasteiger partial charge in [-0.15, -0.1) is 11.3 Å². The second kappa shape index (κ2) is 5.31. The van der Waals surface area contributed by atoms with Gasteiger partial charge in [-0.2, -0.15) is 0 Å². The fourth-order valence-corrected chi connectivity index (χ4v) is 3.51. The first-order chi connectivity index (χ1) is 9.31. The van der Waals surface area contributed by atoms with E-state index in [1.54, 1.807) is 7.11 Å². The van der Waals surface area contributed by atoms with Gasteiger partial charge in [-0.25, -0.2) is 4.98 Å². The van der Waals surface area contributed by atoms with E-state index in [2.05, 4.69) is 24.4 Å². The van der Waals surface area contributed by atoms with Crippen LogP contribution in [0.3, 0.4) is 0 Å². The van der Waals surface area contributed by atoms with Crippen LogP contribution >= 0.6 is 11.3 Å². The topological polar surface area (TPSA) is 34.2 Å². The zero-order valence-electron chi connectivity index (χ0n) is 11.3. The Hall–Kier alpha value is -1.39. The van der Waals surface area contributed by atoms with Gasteiger partial charge in [-0.1, -0.05) is 13.0 Å². The van der Waals surface area contributed by atoms with Crippen molar-refractivity contribution in [1.29, 1.82) is 0 Å². The standard InChI is InChI=1S/C15H18N2OS/c1-3-16-9-14-17-15-12-8-11(18-2)6-4-10(12)5-7-13(15)19-14/h4,6,8,16H,3,5,7,9H2,1-2H3. The number of hydrogen-bond donors (Lipinski definition) is 1. The van der Waals surface area contributed by atoms with Crippen LogP contribution in [0.4, 0.5) is 0 Å². The Balaban J connectivity index is 1.99. The molecule has 0 amide bonds. The summed E-state index contributed by atoms with van der Waals surface area (Å²) >= 11 is 1.84. The number of methoxy groups -OCH3 is 1. The molecule has 0 atom stereocenters. The molecule has 1 aromatic carbocycles. The monoisotopic (exact) mass is 274 g/mol. The minimum atomic E-state index is 0.869. The van der Waals surface area contributed by atoms with Crippen molar-refractivity contribution in [3.8, 4) is 17.0 Å². The molecule has 1 aromatic heterocycles. The number of rotatable bonds is 4. The Kier molecular flexibility index (Phi) is 3.53. The van der Waals surface area contributed by atoms with E-state index < -0.39 is 0 Å². The van der Waals surface area contributed by atoms with Gasteiger partial charge in [0, 0.05) is 17.0 Å². The highest BCUT2D eigenvalue weighted by molar-refractivity contribution is 7.12. The molecule has 0 unspecified atom stereocenters. The van der Waals surface area contributed by atoms with E-state index in [4.69, 9.17) is 9.72 Å². The molecular formula is C15H18N2OS. The van der Waals surface area contributed by atoms with Crippen molar-refractivity contribution in [2.24, 2.45) is 0 Å². The molecule has 0 saturated heterocycles. The minimum Gasteiger partial charge on any atom is -0.497 e. The molecule has 3 nitrogen and oxygen atoms in total. The number of ether oxygens (including phenoxy) is 1. The highest BCUT2D eigenvalue weighted by atomic mass is 32.1. The Morgan fingerprint density at radius 3 is 3.05 bits per heavy atom. The number of aryl methyl sites for hydroxylation is 2. The van der Waals surface area contributed by atoms with Crippen molar-refractivity contribution in [3.63, 3.8) is 0 Å². The lowest BCUT2D eigenvalue weighted by Crippen LogP contribution is -2.11. The maximum atomic E-state index is 5.33. The molecule has 0 aliphatic heterocycles. The molecule has 0 bridgehead atoms. The Labute approximate surface area is 117 Å². The van der Waals surface area contributed by atoms with E-state index in [9.17, 15) is 0 Å². The van der Waals surface area contributed by atoms with Gasteiger partial charge in [0.2, 0.25) is 0 Å². The lowest BCUT2D eigenvalue weighted by Gasteiger charge is -2.15. The van der Waals surface area contributed by atoms with Gasteiger partial charge in [0.15, 0.2) is 0 Å². The predicted molar refractivity (Wildman–Crippen MR) is 78.9 cm³/mol. The van der Waals surface area contributed by atoms with Crippen LogP contribution in [0.2, 0.25) is 0 Å². The summed E-state index contributed by atoms with van der Waals surface area (Å²) in [4.78, 5) is 6.22. The van der Waals surface area contributed by atoms with Crippen LogP contribution in [0.15, 0.2) is 18.2 Å². The fraction of sp³-hybridized carbons (Fsp3) is 0.400. The van der Waals surface area contributed by atoms with Crippen molar-refractivity contribution < 1.29 is 4.74 Å². The average Bonchev–Trinajstić information content (AvgIpc) is 2.87. The number of aromatic nitrogens is 1. The summed E-state index contributed by atoms with van der Waals surface area (Å²) < 4.78 is 5.33. The molecule has 0 fully saturated rings. The molecule has 0 spiro atoms. The quantitative estimate of drug-likeness (QED) is 0.930. The summed E-state index contributed by atoms with van der Waals surface area (Å²) in [6, 6.07) is 6.32. The molecular weight excluding hydrogens is 256 g/mol. The molecule has 1 aliphatic carbocycles. The summed E-state index contributed by atoms with van der Waals surface area (Å²) in [6.07, 6.45) is 2.22. The largest absolute Gasteiger partial charge is 0.497 e. The number of benzene rings is 1. The zero-order chi connectivity index (χ0) is 13.2. The Morgan fingerprint density at radius 2 is 2.26 bits per heavy atom. The number of nitrogens with one attached hydrogen (secondary N) is 1. The second-order valence-electron chi connectivity index (χ2n) is 4.68. The van der Waals surface area contributed by atoms with Crippen molar-refractivity contribution in [2.75, 3.05) is 13.7 Å². The molecule has 3 rings (SSSR count). The average molecular weight is 274 g/mol. The second-order valence-corrected chi connectivity index (χ2v) is 5.85. The molecule has 100 valence electrons. The van der Waals surface area contributed by atoms with E-state index >= 15 is 0 Å². The van der Waals surface area contributed by atoms with Crippen LogP contribution < -0.4 is 10.1 Å². The highest BCUT2D eigenvalue weighted by Gasteiger charge is 2.21. The van der Waals surface area contributed by atoms with Crippen molar-refractivity contribution >= 4 is 11.3 Å². The van der Waals surface area contributed by atoms with Gasteiger partial charge < -0.3 is 10.1 Å². The molecule has 0 radical (unpaired) electrons. The lowest BCUT2D eigenvalue weighted by molar-refractivity contribution is 0.415. The normalized spacial score (nSPS) is 12.9. The molecule has 4 heteroatoms. The van der Waals surface area contributed by atoms with Crippen molar-refractivity contribution in [1.82, 2.24) is 10.3 Å². The van der Waals surface area contributed by atoms with Gasteiger partial charge >= 0.3 is 0 Å². The zero-order valence-corrected chi connectivity index (χ0v) is 12.1. The minimum absolute atomic E-state index is 0.869. The fourth-order valence-electron chi connectivity index (χ4n) is 2.46. The van der Waals surface area contributed by atoms with Crippen molar-refractivity contribution in [3.05, 3.63) is 33.6 Å². The number of nitrogens with zero attached hydrogens (tertiary/aromatic N) is 1. The molecule has 1 aliphatic rings. The third-order valence-corrected chi connectivity index (χ3v) is 4.58. The van der Waals surface area contributed by atoms with E-state index in [0.717, 1.165) is 37.4 Å². The molecule has 0 saturated carbocycles. The predicted octanol–water partition coefficient (Wildman–Crippen LogP) is 3.03. The van der Waals surface area contributed by atoms with Gasteiger partial charge in [0.25, 0.3) is 0 Å². The molecule has 1 N–H and O–H groups in total. The SMILES string of the molecule is CCNCc1nc2c(s1)CCc1ccc(OC)cc1-2. The van der Waals surface area contributed by atoms with E-state index in [0.29, 0.717) is 0 Å². The first-order valence-corrected chi connectivity index (χ1v) is 7.50. The summed E-state index contributed by atoms with van der Waals surface area (Å²) in [5.41, 5.74) is 3.80. The van der Waals surface area contributed by atoms with Gasteiger partial charge in [0.05, 0.1) is 12.8 Å². The maximum absolute atomic E-state index is 5.33. The van der Waals surface area contributed by atoms with Gasteiger partial charge in [-0.05, 0) is 37.1 Å². The van der Waals surface area contributed by atoms with Crippen LogP contribution in [-0.2, 0) is 19.4 Å².